The number of hydrogen-bond donors (Lipinski definition) is 1. The van der Waals surface area contributed by atoms with Crippen LogP contribution in [0.15, 0.2) is 4.52 Å². The maximum atomic E-state index is 6.41. The second kappa shape index (κ2) is 6.48. The Balaban J connectivity index is 2.00. The predicted octanol–water partition coefficient (Wildman–Crippen LogP) is 2.76. The molecule has 1 unspecified atom stereocenters. The Morgan fingerprint density at radius 3 is 2.74 bits per heavy atom. The van der Waals surface area contributed by atoms with E-state index in [2.05, 4.69) is 17.1 Å². The fourth-order valence-corrected chi connectivity index (χ4v) is 2.82. The van der Waals surface area contributed by atoms with Gasteiger partial charge in [0.2, 0.25) is 11.7 Å². The molecule has 5 nitrogen and oxygen atoms in total. The summed E-state index contributed by atoms with van der Waals surface area (Å²) in [5, 5.41) is 4.04. The molecule has 0 bridgehead atoms. The summed E-state index contributed by atoms with van der Waals surface area (Å²) in [5.74, 6) is 1.30. The Kier molecular flexibility index (Phi) is 4.93. The van der Waals surface area contributed by atoms with Gasteiger partial charge < -0.3 is 15.0 Å². The number of hydrogen-bond acceptors (Lipinski definition) is 5. The minimum Gasteiger partial charge on any atom is -0.373 e. The maximum Gasteiger partial charge on any atom is 0.228 e. The van der Waals surface area contributed by atoms with Gasteiger partial charge in [-0.3, -0.25) is 0 Å². The van der Waals surface area contributed by atoms with Crippen molar-refractivity contribution in [1.29, 1.82) is 0 Å². The van der Waals surface area contributed by atoms with E-state index in [0.29, 0.717) is 18.1 Å². The molecule has 0 spiro atoms. The van der Waals surface area contributed by atoms with Crippen LogP contribution < -0.4 is 5.73 Å². The first kappa shape index (κ1) is 14.5. The molecule has 19 heavy (non-hydrogen) atoms. The SMILES string of the molecule is CCCC(OC)c1noc(CC2(N)CCCCC2)n1. The standard InChI is InChI=1S/C14H25N3O2/c1-3-7-11(18-2)13-16-12(19-17-13)10-14(15)8-5-4-6-9-14/h11H,3-10,15H2,1-2H3. The predicted molar refractivity (Wildman–Crippen MR) is 72.7 cm³/mol. The van der Waals surface area contributed by atoms with Crippen molar-refractivity contribution in [3.05, 3.63) is 11.7 Å². The van der Waals surface area contributed by atoms with Gasteiger partial charge in [0.25, 0.3) is 0 Å². The van der Waals surface area contributed by atoms with Crippen LogP contribution in [0.25, 0.3) is 0 Å². The molecule has 0 radical (unpaired) electrons. The summed E-state index contributed by atoms with van der Waals surface area (Å²) in [6, 6.07) is 0. The number of ether oxygens (including phenoxy) is 1. The Bertz CT molecular complexity index is 386. The van der Waals surface area contributed by atoms with Gasteiger partial charge in [0.15, 0.2) is 0 Å². The van der Waals surface area contributed by atoms with Crippen molar-refractivity contribution in [2.24, 2.45) is 5.73 Å². The van der Waals surface area contributed by atoms with Crippen LogP contribution in [-0.4, -0.2) is 22.8 Å². The molecule has 1 heterocycles. The van der Waals surface area contributed by atoms with E-state index in [1.807, 2.05) is 0 Å². The summed E-state index contributed by atoms with van der Waals surface area (Å²) in [6.07, 6.45) is 8.34. The number of rotatable bonds is 6. The first-order valence-corrected chi connectivity index (χ1v) is 7.31. The second-order valence-electron chi connectivity index (χ2n) is 5.66. The van der Waals surface area contributed by atoms with Crippen molar-refractivity contribution in [3.8, 4) is 0 Å². The van der Waals surface area contributed by atoms with E-state index >= 15 is 0 Å². The van der Waals surface area contributed by atoms with Crippen molar-refractivity contribution in [1.82, 2.24) is 10.1 Å². The Labute approximate surface area is 114 Å². The first-order valence-electron chi connectivity index (χ1n) is 7.31. The van der Waals surface area contributed by atoms with Crippen molar-refractivity contribution in [2.75, 3.05) is 7.11 Å². The monoisotopic (exact) mass is 267 g/mol. The molecule has 0 aliphatic heterocycles. The molecule has 0 saturated heterocycles. The maximum absolute atomic E-state index is 6.41. The van der Waals surface area contributed by atoms with Crippen LogP contribution >= 0.6 is 0 Å². The third-order valence-corrected chi connectivity index (χ3v) is 3.96. The number of methoxy groups -OCH3 is 1. The van der Waals surface area contributed by atoms with Gasteiger partial charge in [0.1, 0.15) is 6.10 Å². The van der Waals surface area contributed by atoms with Gasteiger partial charge >= 0.3 is 0 Å². The second-order valence-corrected chi connectivity index (χ2v) is 5.66. The third kappa shape index (κ3) is 3.76. The molecular formula is C14H25N3O2. The van der Waals surface area contributed by atoms with Crippen LogP contribution in [0.1, 0.15) is 69.7 Å². The highest BCUT2D eigenvalue weighted by atomic mass is 16.5. The van der Waals surface area contributed by atoms with Crippen LogP contribution in [0, 0.1) is 0 Å². The fourth-order valence-electron chi connectivity index (χ4n) is 2.82. The molecule has 5 heteroatoms. The highest BCUT2D eigenvalue weighted by Gasteiger charge is 2.30. The number of nitrogens with two attached hydrogens (primary N) is 1. The average molecular weight is 267 g/mol. The lowest BCUT2D eigenvalue weighted by molar-refractivity contribution is 0.0854. The van der Waals surface area contributed by atoms with Crippen molar-refractivity contribution < 1.29 is 9.26 Å². The van der Waals surface area contributed by atoms with E-state index < -0.39 is 0 Å². The zero-order valence-corrected chi connectivity index (χ0v) is 12.0. The van der Waals surface area contributed by atoms with E-state index in [9.17, 15) is 0 Å². The van der Waals surface area contributed by atoms with E-state index in [1.165, 1.54) is 19.3 Å². The Hall–Kier alpha value is -0.940. The lowest BCUT2D eigenvalue weighted by Crippen LogP contribution is -2.43. The quantitative estimate of drug-likeness (QED) is 0.857. The van der Waals surface area contributed by atoms with Crippen molar-refractivity contribution in [3.63, 3.8) is 0 Å². The molecule has 1 aliphatic carbocycles. The van der Waals surface area contributed by atoms with Gasteiger partial charge in [-0.25, -0.2) is 0 Å². The summed E-state index contributed by atoms with van der Waals surface area (Å²) >= 11 is 0. The molecule has 1 aromatic rings. The summed E-state index contributed by atoms with van der Waals surface area (Å²) in [7, 11) is 1.68. The topological polar surface area (TPSA) is 74.2 Å². The smallest absolute Gasteiger partial charge is 0.228 e. The normalized spacial score (nSPS) is 20.4. The molecule has 2 rings (SSSR count). The van der Waals surface area contributed by atoms with Gasteiger partial charge in [-0.05, 0) is 19.3 Å². The fraction of sp³-hybridized carbons (Fsp3) is 0.857. The van der Waals surface area contributed by atoms with Crippen LogP contribution in [0.2, 0.25) is 0 Å². The zero-order valence-electron chi connectivity index (χ0n) is 12.0. The first-order chi connectivity index (χ1) is 9.17. The van der Waals surface area contributed by atoms with Crippen molar-refractivity contribution >= 4 is 0 Å². The summed E-state index contributed by atoms with van der Waals surface area (Å²) in [6.45, 7) is 2.11. The van der Waals surface area contributed by atoms with E-state index in [0.717, 1.165) is 25.7 Å². The molecule has 1 fully saturated rings. The molecule has 0 aromatic carbocycles. The average Bonchev–Trinajstić information content (AvgIpc) is 2.84. The molecule has 1 atom stereocenters. The Morgan fingerprint density at radius 1 is 1.37 bits per heavy atom. The van der Waals surface area contributed by atoms with E-state index in [1.54, 1.807) is 7.11 Å². The lowest BCUT2D eigenvalue weighted by Gasteiger charge is -2.31. The lowest BCUT2D eigenvalue weighted by atomic mass is 9.80. The third-order valence-electron chi connectivity index (χ3n) is 3.96. The van der Waals surface area contributed by atoms with Crippen LogP contribution in [0.5, 0.6) is 0 Å². The summed E-state index contributed by atoms with van der Waals surface area (Å²) < 4.78 is 10.7. The molecule has 0 amide bonds. The van der Waals surface area contributed by atoms with Gasteiger partial charge in [0, 0.05) is 19.1 Å². The molecule has 2 N–H and O–H groups in total. The van der Waals surface area contributed by atoms with Crippen LogP contribution in [0.4, 0.5) is 0 Å². The van der Waals surface area contributed by atoms with Gasteiger partial charge in [-0.2, -0.15) is 4.98 Å². The highest BCUT2D eigenvalue weighted by molar-refractivity contribution is 4.99. The van der Waals surface area contributed by atoms with Crippen LogP contribution in [-0.2, 0) is 11.2 Å². The molecule has 1 saturated carbocycles. The minimum absolute atomic E-state index is 0.0671. The van der Waals surface area contributed by atoms with Gasteiger partial charge in [-0.15, -0.1) is 0 Å². The highest BCUT2D eigenvalue weighted by Crippen LogP contribution is 2.29. The molecular weight excluding hydrogens is 242 g/mol. The number of nitrogens with zero attached hydrogens (tertiary/aromatic N) is 2. The van der Waals surface area contributed by atoms with Gasteiger partial charge in [0.05, 0.1) is 0 Å². The summed E-state index contributed by atoms with van der Waals surface area (Å²) in [4.78, 5) is 4.46. The zero-order chi connectivity index (χ0) is 13.7. The molecule has 1 aromatic heterocycles. The molecule has 108 valence electrons. The minimum atomic E-state index is -0.157. The van der Waals surface area contributed by atoms with Crippen LogP contribution in [0.3, 0.4) is 0 Å². The largest absolute Gasteiger partial charge is 0.373 e. The van der Waals surface area contributed by atoms with Gasteiger partial charge in [-0.1, -0.05) is 37.8 Å². The number of aromatic nitrogens is 2. The Morgan fingerprint density at radius 2 is 2.11 bits per heavy atom. The van der Waals surface area contributed by atoms with Crippen molar-refractivity contribution in [2.45, 2.75) is 69.9 Å². The van der Waals surface area contributed by atoms with E-state index in [-0.39, 0.29) is 11.6 Å². The van der Waals surface area contributed by atoms with E-state index in [4.69, 9.17) is 15.0 Å². The molecule has 1 aliphatic rings. The summed E-state index contributed by atoms with van der Waals surface area (Å²) in [5.41, 5.74) is 6.25.